The zero-order chi connectivity index (χ0) is 11.4. The van der Waals surface area contributed by atoms with Crippen LogP contribution in [0.15, 0.2) is 12.1 Å². The largest absolute Gasteiger partial charge is 0.417 e. The van der Waals surface area contributed by atoms with Crippen LogP contribution in [0.25, 0.3) is 0 Å². The number of aliphatic hydroxyl groups excluding tert-OH is 1. The highest BCUT2D eigenvalue weighted by molar-refractivity contribution is 5.30. The summed E-state index contributed by atoms with van der Waals surface area (Å²) in [7, 11) is 0. The first kappa shape index (κ1) is 11.8. The highest BCUT2D eigenvalue weighted by atomic mass is 19.3. The SMILES string of the molecule is CC(C)c1ccc(CO)nc1OC(F)F. The van der Waals surface area contributed by atoms with Crippen LogP contribution in [0.2, 0.25) is 0 Å². The van der Waals surface area contributed by atoms with Crippen molar-refractivity contribution in [3.63, 3.8) is 0 Å². The summed E-state index contributed by atoms with van der Waals surface area (Å²) in [5.74, 6) is -0.0643. The van der Waals surface area contributed by atoms with Gasteiger partial charge in [-0.05, 0) is 12.0 Å². The molecule has 0 amide bonds. The van der Waals surface area contributed by atoms with E-state index < -0.39 is 6.61 Å². The molecule has 0 radical (unpaired) electrons. The molecule has 5 heteroatoms. The molecule has 0 unspecified atom stereocenters. The van der Waals surface area contributed by atoms with Gasteiger partial charge in [-0.25, -0.2) is 4.98 Å². The maximum Gasteiger partial charge on any atom is 0.388 e. The molecule has 0 aliphatic heterocycles. The fourth-order valence-corrected chi connectivity index (χ4v) is 1.20. The lowest BCUT2D eigenvalue weighted by molar-refractivity contribution is -0.0538. The van der Waals surface area contributed by atoms with Gasteiger partial charge in [-0.15, -0.1) is 0 Å². The van der Waals surface area contributed by atoms with Crippen molar-refractivity contribution in [2.75, 3.05) is 0 Å². The maximum absolute atomic E-state index is 12.1. The first-order valence-corrected chi connectivity index (χ1v) is 4.60. The minimum atomic E-state index is -2.90. The number of hydrogen-bond acceptors (Lipinski definition) is 3. The molecular formula is C10H13F2NO2. The second-order valence-corrected chi connectivity index (χ2v) is 3.39. The van der Waals surface area contributed by atoms with Gasteiger partial charge in [0.15, 0.2) is 0 Å². The zero-order valence-corrected chi connectivity index (χ0v) is 8.58. The van der Waals surface area contributed by atoms with Crippen LogP contribution in [0.4, 0.5) is 8.78 Å². The van der Waals surface area contributed by atoms with E-state index in [2.05, 4.69) is 9.72 Å². The Morgan fingerprint density at radius 1 is 1.40 bits per heavy atom. The van der Waals surface area contributed by atoms with Crippen molar-refractivity contribution in [2.45, 2.75) is 33.0 Å². The van der Waals surface area contributed by atoms with Crippen molar-refractivity contribution < 1.29 is 18.6 Å². The summed E-state index contributed by atoms with van der Waals surface area (Å²) in [6.07, 6.45) is 0. The van der Waals surface area contributed by atoms with Crippen LogP contribution in [-0.2, 0) is 6.61 Å². The Balaban J connectivity index is 3.05. The van der Waals surface area contributed by atoms with Gasteiger partial charge in [0.2, 0.25) is 5.88 Å². The lowest BCUT2D eigenvalue weighted by Crippen LogP contribution is -2.08. The van der Waals surface area contributed by atoms with E-state index in [0.29, 0.717) is 11.3 Å². The van der Waals surface area contributed by atoms with Crippen molar-refractivity contribution in [3.8, 4) is 5.88 Å². The molecule has 0 saturated heterocycles. The van der Waals surface area contributed by atoms with Crippen molar-refractivity contribution in [1.29, 1.82) is 0 Å². The molecule has 0 bridgehead atoms. The molecule has 1 rings (SSSR count). The number of nitrogens with zero attached hydrogens (tertiary/aromatic N) is 1. The Hall–Kier alpha value is -1.23. The van der Waals surface area contributed by atoms with Crippen LogP contribution >= 0.6 is 0 Å². The van der Waals surface area contributed by atoms with Crippen molar-refractivity contribution in [1.82, 2.24) is 4.98 Å². The number of aliphatic hydroxyl groups is 1. The molecule has 1 aromatic rings. The van der Waals surface area contributed by atoms with Crippen molar-refractivity contribution in [3.05, 3.63) is 23.4 Å². The molecule has 0 aliphatic rings. The standard InChI is InChI=1S/C10H13F2NO2/c1-6(2)8-4-3-7(5-14)13-9(8)15-10(11)12/h3-4,6,10,14H,5H2,1-2H3. The molecule has 0 saturated carbocycles. The number of rotatable bonds is 4. The third-order valence-corrected chi connectivity index (χ3v) is 1.93. The first-order valence-electron chi connectivity index (χ1n) is 4.60. The van der Waals surface area contributed by atoms with Gasteiger partial charge in [0, 0.05) is 5.56 Å². The Morgan fingerprint density at radius 3 is 2.53 bits per heavy atom. The van der Waals surface area contributed by atoms with E-state index >= 15 is 0 Å². The Morgan fingerprint density at radius 2 is 2.07 bits per heavy atom. The molecule has 15 heavy (non-hydrogen) atoms. The quantitative estimate of drug-likeness (QED) is 0.841. The number of ether oxygens (including phenoxy) is 1. The monoisotopic (exact) mass is 217 g/mol. The van der Waals surface area contributed by atoms with Crippen LogP contribution in [0.1, 0.15) is 31.0 Å². The van der Waals surface area contributed by atoms with Gasteiger partial charge >= 0.3 is 6.61 Å². The number of halogens is 2. The van der Waals surface area contributed by atoms with Gasteiger partial charge < -0.3 is 9.84 Å². The van der Waals surface area contributed by atoms with E-state index in [4.69, 9.17) is 5.11 Å². The summed E-state index contributed by atoms with van der Waals surface area (Å²) >= 11 is 0. The van der Waals surface area contributed by atoms with Gasteiger partial charge in [-0.1, -0.05) is 19.9 Å². The lowest BCUT2D eigenvalue weighted by Gasteiger charge is -2.12. The predicted octanol–water partition coefficient (Wildman–Crippen LogP) is 2.30. The van der Waals surface area contributed by atoms with Crippen molar-refractivity contribution in [2.24, 2.45) is 0 Å². The van der Waals surface area contributed by atoms with Gasteiger partial charge in [0.25, 0.3) is 0 Å². The Kier molecular flexibility index (Phi) is 3.96. The minimum absolute atomic E-state index is 0.0407. The lowest BCUT2D eigenvalue weighted by atomic mass is 10.0. The number of pyridine rings is 1. The van der Waals surface area contributed by atoms with Crippen LogP contribution < -0.4 is 4.74 Å². The molecule has 0 atom stereocenters. The molecular weight excluding hydrogens is 204 g/mol. The highest BCUT2D eigenvalue weighted by Crippen LogP contribution is 2.25. The summed E-state index contributed by atoms with van der Waals surface area (Å²) < 4.78 is 28.4. The third-order valence-electron chi connectivity index (χ3n) is 1.93. The predicted molar refractivity (Wildman–Crippen MR) is 50.9 cm³/mol. The van der Waals surface area contributed by atoms with Gasteiger partial charge in [-0.3, -0.25) is 0 Å². The molecule has 1 heterocycles. The molecule has 0 spiro atoms. The van der Waals surface area contributed by atoms with Crippen LogP contribution in [0, 0.1) is 0 Å². The van der Waals surface area contributed by atoms with Crippen LogP contribution in [0.3, 0.4) is 0 Å². The van der Waals surface area contributed by atoms with E-state index in [0.717, 1.165) is 0 Å². The normalized spacial score (nSPS) is 11.1. The first-order chi connectivity index (χ1) is 7.04. The molecule has 1 N–H and O–H groups in total. The topological polar surface area (TPSA) is 42.4 Å². The van der Waals surface area contributed by atoms with E-state index in [1.165, 1.54) is 0 Å². The van der Waals surface area contributed by atoms with E-state index in [9.17, 15) is 8.78 Å². The summed E-state index contributed by atoms with van der Waals surface area (Å²) in [5.41, 5.74) is 0.919. The minimum Gasteiger partial charge on any atom is -0.417 e. The van der Waals surface area contributed by atoms with E-state index in [1.54, 1.807) is 12.1 Å². The second-order valence-electron chi connectivity index (χ2n) is 3.39. The van der Waals surface area contributed by atoms with Gasteiger partial charge in [0.1, 0.15) is 0 Å². The summed E-state index contributed by atoms with van der Waals surface area (Å²) in [4.78, 5) is 3.80. The molecule has 1 aromatic heterocycles. The summed E-state index contributed by atoms with van der Waals surface area (Å²) in [5, 5.41) is 8.82. The Labute approximate surface area is 86.7 Å². The third kappa shape index (κ3) is 3.13. The van der Waals surface area contributed by atoms with E-state index in [-0.39, 0.29) is 18.4 Å². The zero-order valence-electron chi connectivity index (χ0n) is 8.58. The average Bonchev–Trinajstić information content (AvgIpc) is 2.16. The average molecular weight is 217 g/mol. The fraction of sp³-hybridized carbons (Fsp3) is 0.500. The second kappa shape index (κ2) is 5.02. The molecule has 0 fully saturated rings. The molecule has 84 valence electrons. The smallest absolute Gasteiger partial charge is 0.388 e. The molecule has 3 nitrogen and oxygen atoms in total. The Bertz CT molecular complexity index is 329. The number of alkyl halides is 2. The molecule has 0 aromatic carbocycles. The number of hydrogen-bond donors (Lipinski definition) is 1. The van der Waals surface area contributed by atoms with Crippen LogP contribution in [-0.4, -0.2) is 16.7 Å². The fourth-order valence-electron chi connectivity index (χ4n) is 1.20. The highest BCUT2D eigenvalue weighted by Gasteiger charge is 2.14. The van der Waals surface area contributed by atoms with Gasteiger partial charge in [-0.2, -0.15) is 8.78 Å². The number of aromatic nitrogens is 1. The summed E-state index contributed by atoms with van der Waals surface area (Å²) in [6.45, 7) is 0.517. The summed E-state index contributed by atoms with van der Waals surface area (Å²) in [6, 6.07) is 3.23. The van der Waals surface area contributed by atoms with Gasteiger partial charge in [0.05, 0.1) is 12.3 Å². The maximum atomic E-state index is 12.1. The van der Waals surface area contributed by atoms with E-state index in [1.807, 2.05) is 13.8 Å². The van der Waals surface area contributed by atoms with Crippen molar-refractivity contribution >= 4 is 0 Å². The molecule has 0 aliphatic carbocycles. The van der Waals surface area contributed by atoms with Crippen LogP contribution in [0.5, 0.6) is 5.88 Å².